The van der Waals surface area contributed by atoms with Gasteiger partial charge in [-0.15, -0.1) is 0 Å². The number of hydrogen-bond acceptors (Lipinski definition) is 3. The van der Waals surface area contributed by atoms with Crippen LogP contribution in [0, 0.1) is 0 Å². The van der Waals surface area contributed by atoms with E-state index in [1.54, 1.807) is 19.3 Å². The molecule has 0 atom stereocenters. The first-order chi connectivity index (χ1) is 8.13. The monoisotopic (exact) mass is 230 g/mol. The lowest BCUT2D eigenvalue weighted by Crippen LogP contribution is -2.36. The van der Waals surface area contributed by atoms with E-state index in [1.165, 1.54) is 0 Å². The Balaban J connectivity index is 2.55. The molecule has 0 bridgehead atoms. The van der Waals surface area contributed by atoms with Gasteiger partial charge in [0.05, 0.1) is 11.3 Å². The maximum atomic E-state index is 11.9. The zero-order chi connectivity index (χ0) is 12.4. The molecule has 2 rings (SSSR count). The third-order valence-electron chi connectivity index (χ3n) is 2.57. The van der Waals surface area contributed by atoms with Crippen molar-refractivity contribution in [2.24, 2.45) is 4.99 Å². The fraction of sp³-hybridized carbons (Fsp3) is 0.250. The summed E-state index contributed by atoms with van der Waals surface area (Å²) in [5, 5.41) is 9.41. The first kappa shape index (κ1) is 11.3. The molecule has 0 radical (unpaired) electrons. The minimum Gasteiger partial charge on any atom is -0.306 e. The van der Waals surface area contributed by atoms with Gasteiger partial charge in [-0.1, -0.05) is 5.57 Å². The van der Waals surface area contributed by atoms with Crippen molar-refractivity contribution in [2.75, 3.05) is 7.05 Å². The Bertz CT molecular complexity index is 531. The van der Waals surface area contributed by atoms with Crippen LogP contribution in [0.4, 0.5) is 0 Å². The van der Waals surface area contributed by atoms with Gasteiger partial charge in [0.2, 0.25) is 0 Å². The van der Waals surface area contributed by atoms with E-state index in [-0.39, 0.29) is 5.91 Å². The van der Waals surface area contributed by atoms with Gasteiger partial charge < -0.3 is 5.32 Å². The summed E-state index contributed by atoms with van der Waals surface area (Å²) < 4.78 is 0. The third-order valence-corrected chi connectivity index (χ3v) is 2.57. The van der Waals surface area contributed by atoms with Crippen LogP contribution in [0.2, 0.25) is 0 Å². The fourth-order valence-corrected chi connectivity index (χ4v) is 1.68. The van der Waals surface area contributed by atoms with Crippen LogP contribution in [0.1, 0.15) is 19.5 Å². The number of aliphatic imine (C=N–C) groups is 1. The highest BCUT2D eigenvalue weighted by atomic mass is 16.1. The van der Waals surface area contributed by atoms with Crippen molar-refractivity contribution in [2.45, 2.75) is 13.8 Å². The second-order valence-electron chi connectivity index (χ2n) is 3.97. The van der Waals surface area contributed by atoms with Gasteiger partial charge in [0.1, 0.15) is 5.84 Å². The van der Waals surface area contributed by atoms with Gasteiger partial charge in [0.25, 0.3) is 5.91 Å². The van der Waals surface area contributed by atoms with Gasteiger partial charge >= 0.3 is 0 Å². The number of aromatic amines is 1. The summed E-state index contributed by atoms with van der Waals surface area (Å²) in [5.74, 6) is 0.443. The largest absolute Gasteiger partial charge is 0.306 e. The van der Waals surface area contributed by atoms with Crippen molar-refractivity contribution in [3.63, 3.8) is 0 Å². The summed E-state index contributed by atoms with van der Waals surface area (Å²) in [4.78, 5) is 16.0. The van der Waals surface area contributed by atoms with E-state index < -0.39 is 0 Å². The Morgan fingerprint density at radius 2 is 2.18 bits per heavy atom. The first-order valence-electron chi connectivity index (χ1n) is 5.31. The molecule has 0 fully saturated rings. The van der Waals surface area contributed by atoms with Crippen LogP contribution in [0.25, 0.3) is 5.57 Å². The molecule has 0 unspecified atom stereocenters. The van der Waals surface area contributed by atoms with Crippen molar-refractivity contribution < 1.29 is 4.79 Å². The number of amides is 1. The predicted octanol–water partition coefficient (Wildman–Crippen LogP) is 1.29. The maximum Gasteiger partial charge on any atom is 0.259 e. The molecule has 5 heteroatoms. The fourth-order valence-electron chi connectivity index (χ4n) is 1.68. The molecule has 0 saturated heterocycles. The van der Waals surface area contributed by atoms with Gasteiger partial charge in [-0.05, 0) is 26.0 Å². The summed E-state index contributed by atoms with van der Waals surface area (Å²) in [5.41, 5.74) is 3.32. The molecular weight excluding hydrogens is 216 g/mol. The maximum absolute atomic E-state index is 11.9. The molecule has 1 amide bonds. The Morgan fingerprint density at radius 1 is 1.41 bits per heavy atom. The second-order valence-corrected chi connectivity index (χ2v) is 3.97. The predicted molar refractivity (Wildman–Crippen MR) is 66.4 cm³/mol. The molecule has 0 aromatic carbocycles. The van der Waals surface area contributed by atoms with Crippen LogP contribution < -0.4 is 5.32 Å². The number of carbonyl (C=O) groups is 1. The molecule has 1 aliphatic heterocycles. The molecule has 2 heterocycles. The first-order valence-corrected chi connectivity index (χ1v) is 5.31. The Hall–Kier alpha value is -2.17. The average molecular weight is 230 g/mol. The van der Waals surface area contributed by atoms with Crippen LogP contribution in [-0.2, 0) is 4.79 Å². The smallest absolute Gasteiger partial charge is 0.259 e. The van der Waals surface area contributed by atoms with E-state index >= 15 is 0 Å². The molecule has 0 spiro atoms. The summed E-state index contributed by atoms with van der Waals surface area (Å²) >= 11 is 0. The van der Waals surface area contributed by atoms with Crippen LogP contribution >= 0.6 is 0 Å². The number of aromatic nitrogens is 2. The second kappa shape index (κ2) is 4.37. The van der Waals surface area contributed by atoms with Crippen molar-refractivity contribution in [3.05, 3.63) is 35.2 Å². The van der Waals surface area contributed by atoms with Crippen LogP contribution in [0.5, 0.6) is 0 Å². The summed E-state index contributed by atoms with van der Waals surface area (Å²) in [6.45, 7) is 3.97. The number of nitrogens with one attached hydrogen (secondary N) is 2. The van der Waals surface area contributed by atoms with Crippen molar-refractivity contribution in [1.82, 2.24) is 15.5 Å². The number of amidine groups is 1. The molecule has 17 heavy (non-hydrogen) atoms. The molecule has 5 nitrogen and oxygen atoms in total. The van der Waals surface area contributed by atoms with Crippen LogP contribution in [0.15, 0.2) is 34.5 Å². The highest BCUT2D eigenvalue weighted by Gasteiger charge is 2.23. The lowest BCUT2D eigenvalue weighted by molar-refractivity contribution is -0.114. The van der Waals surface area contributed by atoms with Gasteiger partial charge in [0.15, 0.2) is 0 Å². The Morgan fingerprint density at radius 3 is 2.71 bits per heavy atom. The van der Waals surface area contributed by atoms with E-state index in [2.05, 4.69) is 20.5 Å². The summed E-state index contributed by atoms with van der Waals surface area (Å²) in [6, 6.07) is 1.77. The molecule has 0 saturated carbocycles. The summed E-state index contributed by atoms with van der Waals surface area (Å²) in [6.07, 6.45) is 3.46. The van der Waals surface area contributed by atoms with Gasteiger partial charge in [-0.25, -0.2) is 0 Å². The average Bonchev–Trinajstić information content (AvgIpc) is 2.81. The quantitative estimate of drug-likeness (QED) is 0.763. The number of hydrogen-bond donors (Lipinski definition) is 2. The van der Waals surface area contributed by atoms with Crippen molar-refractivity contribution in [3.8, 4) is 0 Å². The van der Waals surface area contributed by atoms with Gasteiger partial charge in [-0.2, -0.15) is 5.10 Å². The Kier molecular flexibility index (Phi) is 2.91. The Labute approximate surface area is 99.3 Å². The van der Waals surface area contributed by atoms with Crippen molar-refractivity contribution >= 4 is 17.3 Å². The molecule has 1 aromatic heterocycles. The molecule has 1 aromatic rings. The highest BCUT2D eigenvalue weighted by molar-refractivity contribution is 6.30. The number of allylic oxidation sites excluding steroid dienone is 1. The van der Waals surface area contributed by atoms with E-state index in [0.717, 1.165) is 11.1 Å². The van der Waals surface area contributed by atoms with Crippen LogP contribution in [-0.4, -0.2) is 29.0 Å². The summed E-state index contributed by atoms with van der Waals surface area (Å²) in [7, 11) is 1.66. The number of rotatable bonds is 1. The topological polar surface area (TPSA) is 70.1 Å². The van der Waals surface area contributed by atoms with E-state index in [4.69, 9.17) is 0 Å². The molecule has 88 valence electrons. The zero-order valence-corrected chi connectivity index (χ0v) is 10.0. The zero-order valence-electron chi connectivity index (χ0n) is 10.0. The van der Waals surface area contributed by atoms with Crippen LogP contribution in [0.3, 0.4) is 0 Å². The third kappa shape index (κ3) is 2.04. The lowest BCUT2D eigenvalue weighted by Gasteiger charge is -2.18. The number of nitrogens with zero attached hydrogens (tertiary/aromatic N) is 2. The van der Waals surface area contributed by atoms with Gasteiger partial charge in [-0.3, -0.25) is 14.9 Å². The number of carbonyl (C=O) groups excluding carboxylic acids is 1. The SMILES string of the molecule is CN=C1NC(=O)C(c2ccn[nH]2)=CC1=C(C)C. The molecule has 0 aliphatic carbocycles. The van der Waals surface area contributed by atoms with E-state index in [1.807, 2.05) is 19.9 Å². The normalized spacial score (nSPS) is 18.1. The minimum atomic E-state index is -0.167. The van der Waals surface area contributed by atoms with E-state index in [9.17, 15) is 4.79 Å². The highest BCUT2D eigenvalue weighted by Crippen LogP contribution is 2.21. The molecular formula is C12H14N4O. The number of H-pyrrole nitrogens is 1. The minimum absolute atomic E-state index is 0.167. The van der Waals surface area contributed by atoms with E-state index in [0.29, 0.717) is 17.1 Å². The lowest BCUT2D eigenvalue weighted by atomic mass is 9.99. The molecule has 2 N–H and O–H groups in total. The van der Waals surface area contributed by atoms with Crippen molar-refractivity contribution in [1.29, 1.82) is 0 Å². The molecule has 1 aliphatic rings. The van der Waals surface area contributed by atoms with Gasteiger partial charge in [0, 0.05) is 18.8 Å². The standard InChI is InChI=1S/C12H14N4O/c1-7(2)8-6-9(10-4-5-14-16-10)12(17)15-11(8)13-3/h4-6H,1-3H3,(H,14,16)(H,13,15,17).